The molecule has 38 heavy (non-hydrogen) atoms. The van der Waals surface area contributed by atoms with Crippen molar-refractivity contribution < 1.29 is 28.8 Å². The van der Waals surface area contributed by atoms with Gasteiger partial charge < -0.3 is 24.1 Å². The van der Waals surface area contributed by atoms with E-state index in [0.717, 1.165) is 74.4 Å². The smallest absolute Gasteiger partial charge is 0.166 e. The summed E-state index contributed by atoms with van der Waals surface area (Å²) in [5.74, 6) is 3.18. The Morgan fingerprint density at radius 3 is 2.63 bits per heavy atom. The Kier molecular flexibility index (Phi) is 6.60. The zero-order valence-corrected chi connectivity index (χ0v) is 22.5. The van der Waals surface area contributed by atoms with Gasteiger partial charge in [-0.2, -0.15) is 0 Å². The van der Waals surface area contributed by atoms with Gasteiger partial charge in [-0.05, 0) is 68.1 Å². The Hall–Kier alpha value is -3.03. The molecule has 0 bridgehead atoms. The number of benzene rings is 2. The van der Waals surface area contributed by atoms with Crippen LogP contribution in [0.5, 0.6) is 23.0 Å². The lowest BCUT2D eigenvalue weighted by Gasteiger charge is -2.36. The lowest BCUT2D eigenvalue weighted by atomic mass is 9.69. The van der Waals surface area contributed by atoms with Crippen LogP contribution in [0.25, 0.3) is 0 Å². The van der Waals surface area contributed by atoms with Crippen molar-refractivity contribution in [3.63, 3.8) is 0 Å². The molecule has 2 aromatic carbocycles. The third-order valence-electron chi connectivity index (χ3n) is 9.02. The fraction of sp³-hybridized carbons (Fsp3) is 0.516. The van der Waals surface area contributed by atoms with Crippen LogP contribution >= 0.6 is 0 Å². The van der Waals surface area contributed by atoms with E-state index in [1.807, 2.05) is 24.3 Å². The molecular weight excluding hydrogens is 482 g/mol. The molecule has 0 saturated carbocycles. The van der Waals surface area contributed by atoms with Crippen molar-refractivity contribution in [3.8, 4) is 23.0 Å². The molecule has 7 nitrogen and oxygen atoms in total. The molecule has 3 unspecified atom stereocenters. The third kappa shape index (κ3) is 4.07. The van der Waals surface area contributed by atoms with E-state index in [1.54, 1.807) is 21.3 Å². The van der Waals surface area contributed by atoms with Gasteiger partial charge in [-0.25, -0.2) is 0 Å². The summed E-state index contributed by atoms with van der Waals surface area (Å²) in [6, 6.07) is 7.99. The van der Waals surface area contributed by atoms with E-state index in [1.165, 1.54) is 11.1 Å². The first-order chi connectivity index (χ1) is 18.5. The number of hydrogen-bond donors (Lipinski definition) is 1. The molecule has 1 N–H and O–H groups in total. The zero-order valence-electron chi connectivity index (χ0n) is 22.5. The number of ether oxygens (including phenoxy) is 4. The number of rotatable bonds is 8. The van der Waals surface area contributed by atoms with Crippen LogP contribution in [0.15, 0.2) is 36.4 Å². The Morgan fingerprint density at radius 1 is 1.05 bits per heavy atom. The number of unbranched alkanes of at least 4 members (excludes halogenated alkanes) is 1. The first kappa shape index (κ1) is 25.3. The summed E-state index contributed by atoms with van der Waals surface area (Å²) in [5, 5.41) is 10.3. The Labute approximate surface area is 224 Å². The number of hydrogen-bond acceptors (Lipinski definition) is 7. The number of aliphatic hydroxyl groups excluding tert-OH is 1. The quantitative estimate of drug-likeness (QED) is 0.408. The average molecular weight is 520 g/mol. The maximum atomic E-state index is 13.1. The largest absolute Gasteiger partial charge is 0.493 e. The van der Waals surface area contributed by atoms with Crippen molar-refractivity contribution in [2.75, 3.05) is 34.4 Å². The number of Topliss-reactive ketones (excluding diaryl/α,β-unsaturated/α-hetero) is 1. The van der Waals surface area contributed by atoms with Gasteiger partial charge in [0.25, 0.3) is 0 Å². The zero-order chi connectivity index (χ0) is 26.4. The molecule has 2 heterocycles. The first-order valence-corrected chi connectivity index (χ1v) is 13.7. The summed E-state index contributed by atoms with van der Waals surface area (Å²) in [5.41, 5.74) is 4.16. The number of nitrogens with zero attached hydrogens (tertiary/aromatic N) is 1. The Balaban J connectivity index is 1.11. The van der Waals surface area contributed by atoms with Crippen molar-refractivity contribution in [1.82, 2.24) is 4.90 Å². The molecule has 4 aliphatic rings. The molecular formula is C31H37NO6. The van der Waals surface area contributed by atoms with Crippen LogP contribution in [0, 0.1) is 5.92 Å². The highest BCUT2D eigenvalue weighted by atomic mass is 16.5. The summed E-state index contributed by atoms with van der Waals surface area (Å²) in [6.45, 7) is 2.82. The number of aliphatic hydroxyl groups is 1. The van der Waals surface area contributed by atoms with Gasteiger partial charge in [-0.1, -0.05) is 24.6 Å². The second-order valence-corrected chi connectivity index (χ2v) is 11.1. The van der Waals surface area contributed by atoms with Crippen molar-refractivity contribution in [2.24, 2.45) is 5.92 Å². The van der Waals surface area contributed by atoms with E-state index in [0.29, 0.717) is 17.9 Å². The number of carbonyl (C=O) groups is 1. The number of fused-ring (bicyclic) bond motifs is 1. The lowest BCUT2D eigenvalue weighted by Crippen LogP contribution is -2.43. The van der Waals surface area contributed by atoms with E-state index < -0.39 is 6.10 Å². The minimum atomic E-state index is -0.472. The van der Waals surface area contributed by atoms with Crippen molar-refractivity contribution in [2.45, 2.75) is 62.7 Å². The number of methoxy groups -OCH3 is 3. The second-order valence-electron chi connectivity index (χ2n) is 11.1. The fourth-order valence-corrected chi connectivity index (χ4v) is 7.04. The standard InChI is InChI=1S/C31H37NO6/c1-35-24-8-7-20-18-32(13-11-31-10-9-22(33)16-27(31)38-30(24)28(20)31)12-5-4-6-19-14-21-15-25(36-2)26(37-3)17-23(21)29(19)34/h7-10,15,17,19,22,27,33H,4-6,11-14,16,18H2,1-3H3/t19?,22?,27-,31?/m1/s1. The average Bonchev–Trinajstić information content (AvgIpc) is 3.36. The molecule has 2 aliphatic carbocycles. The molecule has 0 saturated heterocycles. The van der Waals surface area contributed by atoms with Gasteiger partial charge in [0, 0.05) is 30.0 Å². The highest BCUT2D eigenvalue weighted by molar-refractivity contribution is 6.02. The van der Waals surface area contributed by atoms with Gasteiger partial charge in [0.15, 0.2) is 28.8 Å². The van der Waals surface area contributed by atoms with Crippen LogP contribution in [0.2, 0.25) is 0 Å². The molecule has 4 atom stereocenters. The minimum absolute atomic E-state index is 0.0345. The predicted molar refractivity (Wildman–Crippen MR) is 144 cm³/mol. The Morgan fingerprint density at radius 2 is 1.84 bits per heavy atom. The van der Waals surface area contributed by atoms with Gasteiger partial charge in [0.2, 0.25) is 0 Å². The summed E-state index contributed by atoms with van der Waals surface area (Å²) >= 11 is 0. The lowest BCUT2D eigenvalue weighted by molar-refractivity contribution is 0.0809. The molecule has 2 aromatic rings. The SMILES string of the molecule is COc1cc2c(cc1OC)C(=O)C(CCCCN1CCC34C=CC(O)C[C@H]3Oc3c(OC)ccc(c34)C1)C2. The summed E-state index contributed by atoms with van der Waals surface area (Å²) < 4.78 is 22.9. The van der Waals surface area contributed by atoms with E-state index in [2.05, 4.69) is 17.0 Å². The fourth-order valence-electron chi connectivity index (χ4n) is 7.04. The molecule has 7 heteroatoms. The normalized spacial score (nSPS) is 27.3. The van der Waals surface area contributed by atoms with Crippen LogP contribution in [0.4, 0.5) is 0 Å². The van der Waals surface area contributed by atoms with E-state index in [4.69, 9.17) is 18.9 Å². The molecule has 202 valence electrons. The maximum Gasteiger partial charge on any atom is 0.166 e. The van der Waals surface area contributed by atoms with Crippen molar-refractivity contribution in [3.05, 3.63) is 58.7 Å². The molecule has 2 aliphatic heterocycles. The molecule has 1 spiro atoms. The van der Waals surface area contributed by atoms with Gasteiger partial charge in [-0.3, -0.25) is 9.69 Å². The van der Waals surface area contributed by atoms with Crippen LogP contribution in [0.1, 0.15) is 59.2 Å². The van der Waals surface area contributed by atoms with Gasteiger partial charge in [-0.15, -0.1) is 0 Å². The van der Waals surface area contributed by atoms with Gasteiger partial charge in [0.1, 0.15) is 6.10 Å². The van der Waals surface area contributed by atoms with Crippen LogP contribution < -0.4 is 18.9 Å². The summed E-state index contributed by atoms with van der Waals surface area (Å²) in [6.07, 6.45) is 8.87. The third-order valence-corrected chi connectivity index (χ3v) is 9.02. The van der Waals surface area contributed by atoms with Crippen LogP contribution in [-0.2, 0) is 18.4 Å². The monoisotopic (exact) mass is 519 g/mol. The van der Waals surface area contributed by atoms with Crippen molar-refractivity contribution >= 4 is 5.78 Å². The summed E-state index contributed by atoms with van der Waals surface area (Å²) in [7, 11) is 4.92. The molecule has 6 rings (SSSR count). The first-order valence-electron chi connectivity index (χ1n) is 13.7. The number of ketones is 1. The topological polar surface area (TPSA) is 77.5 Å². The van der Waals surface area contributed by atoms with Gasteiger partial charge >= 0.3 is 0 Å². The highest BCUT2D eigenvalue weighted by Crippen LogP contribution is 2.55. The van der Waals surface area contributed by atoms with Crippen molar-refractivity contribution in [1.29, 1.82) is 0 Å². The maximum absolute atomic E-state index is 13.1. The molecule has 0 fully saturated rings. The molecule has 0 amide bonds. The minimum Gasteiger partial charge on any atom is -0.493 e. The molecule has 0 aromatic heterocycles. The van der Waals surface area contributed by atoms with Gasteiger partial charge in [0.05, 0.1) is 32.8 Å². The van der Waals surface area contributed by atoms with E-state index in [9.17, 15) is 9.90 Å². The van der Waals surface area contributed by atoms with E-state index in [-0.39, 0.29) is 23.2 Å². The molecule has 0 radical (unpaired) electrons. The highest BCUT2D eigenvalue weighted by Gasteiger charge is 2.52. The Bertz CT molecular complexity index is 1270. The van der Waals surface area contributed by atoms with Crippen LogP contribution in [-0.4, -0.2) is 62.4 Å². The predicted octanol–water partition coefficient (Wildman–Crippen LogP) is 4.46. The summed E-state index contributed by atoms with van der Waals surface area (Å²) in [4.78, 5) is 15.6. The second kappa shape index (κ2) is 9.93. The van der Waals surface area contributed by atoms with E-state index >= 15 is 0 Å². The number of carbonyl (C=O) groups excluding carboxylic acids is 1. The van der Waals surface area contributed by atoms with Crippen LogP contribution in [0.3, 0.4) is 0 Å².